The second-order valence-electron chi connectivity index (χ2n) is 8.58. The molecule has 3 N–H and O–H groups in total. The molecule has 0 spiro atoms. The van der Waals surface area contributed by atoms with Gasteiger partial charge in [-0.2, -0.15) is 0 Å². The minimum absolute atomic E-state index is 0.236. The molecule has 0 bridgehead atoms. The first-order valence-electron chi connectivity index (χ1n) is 11.4. The van der Waals surface area contributed by atoms with Crippen LogP contribution in [-0.4, -0.2) is 39.3 Å². The number of hydrogen-bond acceptors (Lipinski definition) is 6. The Kier molecular flexibility index (Phi) is 7.40. The van der Waals surface area contributed by atoms with Gasteiger partial charge in [-0.05, 0) is 58.0 Å². The topological polar surface area (TPSA) is 118 Å². The first-order valence-corrected chi connectivity index (χ1v) is 11.8. The van der Waals surface area contributed by atoms with E-state index < -0.39 is 12.2 Å². The molecule has 2 heterocycles. The highest BCUT2D eigenvalue weighted by Crippen LogP contribution is 2.32. The second kappa shape index (κ2) is 10.7. The average Bonchev–Trinajstić information content (AvgIpc) is 3.22. The van der Waals surface area contributed by atoms with Crippen molar-refractivity contribution in [2.24, 2.45) is 0 Å². The van der Waals surface area contributed by atoms with Crippen molar-refractivity contribution >= 4 is 46.3 Å². The summed E-state index contributed by atoms with van der Waals surface area (Å²) >= 11 is 6.44. The predicted molar refractivity (Wildman–Crippen MR) is 140 cm³/mol. The van der Waals surface area contributed by atoms with E-state index in [4.69, 9.17) is 21.1 Å². The number of ether oxygens (including phenoxy) is 2. The van der Waals surface area contributed by atoms with E-state index in [-0.39, 0.29) is 12.2 Å². The molecule has 36 heavy (non-hydrogen) atoms. The molecule has 0 unspecified atom stereocenters. The number of H-pyrrole nitrogens is 1. The molecule has 0 aliphatic heterocycles. The van der Waals surface area contributed by atoms with Crippen molar-refractivity contribution in [1.82, 2.24) is 15.0 Å². The summed E-state index contributed by atoms with van der Waals surface area (Å²) in [5.41, 5.74) is 4.43. The number of carbonyl (C=O) groups excluding carboxylic acids is 2. The van der Waals surface area contributed by atoms with Gasteiger partial charge in [0, 0.05) is 28.6 Å². The second-order valence-corrected chi connectivity index (χ2v) is 8.99. The van der Waals surface area contributed by atoms with Crippen LogP contribution in [0.3, 0.4) is 0 Å². The summed E-state index contributed by atoms with van der Waals surface area (Å²) in [5, 5.41) is 5.92. The third-order valence-corrected chi connectivity index (χ3v) is 5.30. The van der Waals surface area contributed by atoms with Gasteiger partial charge in [0.1, 0.15) is 5.82 Å². The van der Waals surface area contributed by atoms with E-state index in [0.29, 0.717) is 38.9 Å². The number of hydrogen-bond donors (Lipinski definition) is 3. The lowest BCUT2D eigenvalue weighted by Crippen LogP contribution is -2.18. The number of amides is 2. The van der Waals surface area contributed by atoms with Crippen molar-refractivity contribution in [2.45, 2.75) is 39.9 Å². The Bertz CT molecular complexity index is 1420. The van der Waals surface area contributed by atoms with Crippen LogP contribution in [0.25, 0.3) is 33.7 Å². The molecule has 10 heteroatoms. The summed E-state index contributed by atoms with van der Waals surface area (Å²) in [4.78, 5) is 36.4. The molecule has 2 aromatic carbocycles. The highest BCUT2D eigenvalue weighted by atomic mass is 35.5. The molecule has 0 aliphatic carbocycles. The van der Waals surface area contributed by atoms with Gasteiger partial charge in [0.25, 0.3) is 0 Å². The van der Waals surface area contributed by atoms with Gasteiger partial charge in [0.2, 0.25) is 0 Å². The normalized spacial score (nSPS) is 11.1. The summed E-state index contributed by atoms with van der Waals surface area (Å²) < 4.78 is 10.3. The summed E-state index contributed by atoms with van der Waals surface area (Å²) in [5.74, 6) is 0.493. The van der Waals surface area contributed by atoms with Crippen molar-refractivity contribution in [3.05, 3.63) is 59.8 Å². The minimum Gasteiger partial charge on any atom is -0.447 e. The number of fused-ring (bicyclic) bond motifs is 1. The van der Waals surface area contributed by atoms with Crippen LogP contribution < -0.4 is 10.6 Å². The van der Waals surface area contributed by atoms with Crippen LogP contribution in [-0.2, 0) is 9.47 Å². The lowest BCUT2D eigenvalue weighted by atomic mass is 10.1. The number of anilines is 2. The SMILES string of the molecule is CC(C)OC(=O)Nc1ccc(Cl)c(-c2nc3ncc(-c4ccccc4NC(=O)OC(C)C)cc3[nH]2)c1. The fraction of sp³-hybridized carbons (Fsp3) is 0.231. The van der Waals surface area contributed by atoms with Gasteiger partial charge in [-0.15, -0.1) is 0 Å². The fourth-order valence-electron chi connectivity index (χ4n) is 3.52. The van der Waals surface area contributed by atoms with Gasteiger partial charge >= 0.3 is 12.2 Å². The number of pyridine rings is 1. The van der Waals surface area contributed by atoms with E-state index in [0.717, 1.165) is 11.1 Å². The summed E-state index contributed by atoms with van der Waals surface area (Å²) in [7, 11) is 0. The lowest BCUT2D eigenvalue weighted by molar-refractivity contribution is 0.129. The maximum atomic E-state index is 12.1. The van der Waals surface area contributed by atoms with E-state index in [2.05, 4.69) is 25.6 Å². The Morgan fingerprint density at radius 3 is 2.33 bits per heavy atom. The number of rotatable bonds is 6. The van der Waals surface area contributed by atoms with Crippen molar-refractivity contribution in [3.8, 4) is 22.5 Å². The van der Waals surface area contributed by atoms with Gasteiger partial charge in [0.05, 0.1) is 28.4 Å². The van der Waals surface area contributed by atoms with Crippen LogP contribution in [0.1, 0.15) is 27.7 Å². The molecule has 4 aromatic rings. The lowest BCUT2D eigenvalue weighted by Gasteiger charge is -2.13. The Morgan fingerprint density at radius 1 is 0.917 bits per heavy atom. The smallest absolute Gasteiger partial charge is 0.411 e. The van der Waals surface area contributed by atoms with Gasteiger partial charge in [0.15, 0.2) is 5.65 Å². The first-order chi connectivity index (χ1) is 17.2. The highest BCUT2D eigenvalue weighted by Gasteiger charge is 2.15. The van der Waals surface area contributed by atoms with E-state index in [1.54, 1.807) is 58.2 Å². The third-order valence-electron chi connectivity index (χ3n) is 4.97. The number of para-hydroxylation sites is 1. The van der Waals surface area contributed by atoms with Crippen LogP contribution >= 0.6 is 11.6 Å². The van der Waals surface area contributed by atoms with Crippen molar-refractivity contribution < 1.29 is 19.1 Å². The third kappa shape index (κ3) is 5.92. The molecule has 0 saturated carbocycles. The number of aromatic amines is 1. The van der Waals surface area contributed by atoms with Crippen LogP contribution in [0.5, 0.6) is 0 Å². The van der Waals surface area contributed by atoms with E-state index in [9.17, 15) is 9.59 Å². The number of imidazole rings is 1. The van der Waals surface area contributed by atoms with Crippen LogP contribution in [0.4, 0.5) is 21.0 Å². The molecular formula is C26H26ClN5O4. The van der Waals surface area contributed by atoms with Gasteiger partial charge in [-0.3, -0.25) is 10.6 Å². The maximum Gasteiger partial charge on any atom is 0.411 e. The largest absolute Gasteiger partial charge is 0.447 e. The van der Waals surface area contributed by atoms with E-state index in [1.807, 2.05) is 24.3 Å². The number of carbonyl (C=O) groups is 2. The van der Waals surface area contributed by atoms with Crippen molar-refractivity contribution in [2.75, 3.05) is 10.6 Å². The molecule has 0 fully saturated rings. The number of benzene rings is 2. The van der Waals surface area contributed by atoms with Gasteiger partial charge < -0.3 is 14.5 Å². The Balaban J connectivity index is 1.64. The standard InChI is InChI=1S/C26H26ClN5O4/c1-14(2)35-25(33)29-17-9-10-20(27)19(12-17)23-30-22-11-16(13-28-24(22)32-23)18-7-5-6-8-21(18)31-26(34)36-15(3)4/h5-15H,1-4H3,(H,29,33)(H,31,34)(H,28,30,32). The van der Waals surface area contributed by atoms with Crippen molar-refractivity contribution in [3.63, 3.8) is 0 Å². The summed E-state index contributed by atoms with van der Waals surface area (Å²) in [6.45, 7) is 7.12. The molecule has 0 radical (unpaired) electrons. The van der Waals surface area contributed by atoms with Crippen molar-refractivity contribution in [1.29, 1.82) is 0 Å². The Hall–Kier alpha value is -4.11. The number of nitrogens with one attached hydrogen (secondary N) is 3. The maximum absolute atomic E-state index is 12.1. The zero-order valence-corrected chi connectivity index (χ0v) is 21.0. The molecule has 0 atom stereocenters. The molecule has 2 amide bonds. The summed E-state index contributed by atoms with van der Waals surface area (Å²) in [6, 6.07) is 14.3. The minimum atomic E-state index is -0.557. The molecule has 4 rings (SSSR count). The first kappa shape index (κ1) is 25.0. The van der Waals surface area contributed by atoms with Crippen LogP contribution in [0.2, 0.25) is 5.02 Å². The average molecular weight is 508 g/mol. The predicted octanol–water partition coefficient (Wildman–Crippen LogP) is 6.86. The van der Waals surface area contributed by atoms with Gasteiger partial charge in [-0.25, -0.2) is 19.6 Å². The number of nitrogens with zero attached hydrogens (tertiary/aromatic N) is 2. The number of aromatic nitrogens is 3. The monoisotopic (exact) mass is 507 g/mol. The van der Waals surface area contributed by atoms with Crippen LogP contribution in [0, 0.1) is 0 Å². The van der Waals surface area contributed by atoms with Gasteiger partial charge in [-0.1, -0.05) is 29.8 Å². The van der Waals surface area contributed by atoms with E-state index in [1.165, 1.54) is 0 Å². The Morgan fingerprint density at radius 2 is 1.61 bits per heavy atom. The molecule has 0 saturated heterocycles. The van der Waals surface area contributed by atoms with E-state index >= 15 is 0 Å². The quantitative estimate of drug-likeness (QED) is 0.262. The van der Waals surface area contributed by atoms with Crippen LogP contribution in [0.15, 0.2) is 54.7 Å². The Labute approximate surface area is 213 Å². The zero-order chi connectivity index (χ0) is 25.8. The molecule has 2 aromatic heterocycles. The highest BCUT2D eigenvalue weighted by molar-refractivity contribution is 6.33. The summed E-state index contributed by atoms with van der Waals surface area (Å²) in [6.07, 6.45) is 0.117. The zero-order valence-electron chi connectivity index (χ0n) is 20.3. The molecular weight excluding hydrogens is 482 g/mol. The molecule has 186 valence electrons. The number of halogens is 1. The molecule has 0 aliphatic rings. The fourth-order valence-corrected chi connectivity index (χ4v) is 3.73. The molecule has 9 nitrogen and oxygen atoms in total.